The summed E-state index contributed by atoms with van der Waals surface area (Å²) in [7, 11) is 0. The van der Waals surface area contributed by atoms with Crippen LogP contribution in [0.3, 0.4) is 0 Å². The fourth-order valence-corrected chi connectivity index (χ4v) is 4.22. The second kappa shape index (κ2) is 11.0. The number of ether oxygens (including phenoxy) is 2. The fourth-order valence-electron chi connectivity index (χ4n) is 4.22. The smallest absolute Gasteiger partial charge is 0.426 e. The average Bonchev–Trinajstić information content (AvgIpc) is 2.76. The third-order valence-electron chi connectivity index (χ3n) is 5.89. The van der Waals surface area contributed by atoms with Crippen LogP contribution in [-0.4, -0.2) is 6.43 Å². The van der Waals surface area contributed by atoms with Gasteiger partial charge in [-0.25, -0.2) is 17.6 Å². The molecule has 0 N–H and O–H groups in total. The topological polar surface area (TPSA) is 18.5 Å². The summed E-state index contributed by atoms with van der Waals surface area (Å²) in [6, 6.07) is 6.81. The van der Waals surface area contributed by atoms with Crippen molar-refractivity contribution in [3.05, 3.63) is 71.5 Å². The molecule has 1 fully saturated rings. The Morgan fingerprint density at radius 3 is 2.15 bits per heavy atom. The van der Waals surface area contributed by atoms with E-state index in [1.165, 1.54) is 25.0 Å². The second-order valence-corrected chi connectivity index (χ2v) is 8.24. The van der Waals surface area contributed by atoms with Crippen LogP contribution in [0.5, 0.6) is 11.5 Å². The molecule has 8 heteroatoms. The number of hydrogen-bond donors (Lipinski definition) is 0. The maximum Gasteiger partial charge on any atom is 0.426 e. The molecule has 0 atom stereocenters. The monoisotopic (exact) mass is 472 g/mol. The van der Waals surface area contributed by atoms with Crippen LogP contribution in [0.2, 0.25) is 0 Å². The van der Waals surface area contributed by atoms with Gasteiger partial charge >= 0.3 is 6.11 Å². The van der Waals surface area contributed by atoms with Crippen molar-refractivity contribution in [1.29, 1.82) is 0 Å². The molecular weight excluding hydrogens is 446 g/mol. The Kier molecular flexibility index (Phi) is 8.32. The zero-order valence-corrected chi connectivity index (χ0v) is 18.2. The van der Waals surface area contributed by atoms with Crippen molar-refractivity contribution >= 4 is 0 Å². The first-order valence-electron chi connectivity index (χ1n) is 11.0. The van der Waals surface area contributed by atoms with Crippen LogP contribution >= 0.6 is 0 Å². The molecule has 1 aliphatic rings. The molecule has 0 amide bonds. The number of hydrogen-bond acceptors (Lipinski definition) is 2. The SMILES string of the molecule is CCCC1CCC(c2ccc(C(F)(F)Oc3cc(F)c(O/C=C/C(F)F)c(F)c3)cc2)CC1. The van der Waals surface area contributed by atoms with Gasteiger partial charge in [0.2, 0.25) is 0 Å². The molecule has 0 spiro atoms. The normalized spacial score (nSPS) is 19.3. The molecule has 2 aromatic carbocycles. The zero-order valence-electron chi connectivity index (χ0n) is 18.2. The zero-order chi connectivity index (χ0) is 24.0. The lowest BCUT2D eigenvalue weighted by Crippen LogP contribution is -2.22. The minimum atomic E-state index is -3.84. The number of allylic oxidation sites excluding steroid dienone is 1. The van der Waals surface area contributed by atoms with E-state index in [4.69, 9.17) is 0 Å². The van der Waals surface area contributed by atoms with Crippen LogP contribution in [0.15, 0.2) is 48.7 Å². The molecule has 0 aliphatic heterocycles. The van der Waals surface area contributed by atoms with Crippen LogP contribution in [0.1, 0.15) is 62.5 Å². The van der Waals surface area contributed by atoms with Gasteiger partial charge in [0.15, 0.2) is 17.4 Å². The van der Waals surface area contributed by atoms with E-state index in [9.17, 15) is 26.3 Å². The van der Waals surface area contributed by atoms with Gasteiger partial charge in [0.05, 0.1) is 11.8 Å². The first kappa shape index (κ1) is 25.0. The van der Waals surface area contributed by atoms with Crippen molar-refractivity contribution in [3.8, 4) is 11.5 Å². The molecule has 1 aliphatic carbocycles. The van der Waals surface area contributed by atoms with Crippen LogP contribution in [0.4, 0.5) is 26.3 Å². The van der Waals surface area contributed by atoms with Crippen molar-refractivity contribution in [1.82, 2.24) is 0 Å². The lowest BCUT2D eigenvalue weighted by molar-refractivity contribution is -0.185. The van der Waals surface area contributed by atoms with Gasteiger partial charge < -0.3 is 9.47 Å². The Hall–Kier alpha value is -2.64. The van der Waals surface area contributed by atoms with E-state index in [0.29, 0.717) is 24.3 Å². The largest absolute Gasteiger partial charge is 0.459 e. The molecular formula is C25H26F6O2. The molecule has 1 saturated carbocycles. The molecule has 3 rings (SSSR count). The molecule has 0 bridgehead atoms. The van der Waals surface area contributed by atoms with Crippen LogP contribution < -0.4 is 9.47 Å². The first-order chi connectivity index (χ1) is 15.7. The minimum Gasteiger partial charge on any atom is -0.459 e. The standard InChI is InChI=1S/C25H26F6O2/c1-2-3-16-4-6-17(7-5-16)18-8-10-19(11-9-18)25(30,31)33-20-14-21(26)24(22(27)15-20)32-13-12-23(28)29/h8-17,23H,2-7H2,1H3/b13-12+. The van der Waals surface area contributed by atoms with Gasteiger partial charge in [0.25, 0.3) is 6.43 Å². The van der Waals surface area contributed by atoms with Crippen LogP contribution in [0, 0.1) is 17.6 Å². The van der Waals surface area contributed by atoms with E-state index in [1.54, 1.807) is 12.1 Å². The number of benzene rings is 2. The van der Waals surface area contributed by atoms with Gasteiger partial charge in [0.1, 0.15) is 5.75 Å². The highest BCUT2D eigenvalue weighted by atomic mass is 19.3. The minimum absolute atomic E-state index is 0.276. The maximum absolute atomic E-state index is 14.6. The van der Waals surface area contributed by atoms with Crippen molar-refractivity contribution in [3.63, 3.8) is 0 Å². The van der Waals surface area contributed by atoms with Gasteiger partial charge in [-0.05, 0) is 55.2 Å². The first-order valence-corrected chi connectivity index (χ1v) is 11.0. The summed E-state index contributed by atoms with van der Waals surface area (Å²) >= 11 is 0. The number of alkyl halides is 4. The molecule has 0 saturated heterocycles. The van der Waals surface area contributed by atoms with Crippen molar-refractivity contribution < 1.29 is 35.8 Å². The Bertz CT molecular complexity index is 911. The lowest BCUT2D eigenvalue weighted by Gasteiger charge is -2.29. The summed E-state index contributed by atoms with van der Waals surface area (Å²) in [6.07, 6.45) is 0.675. The molecule has 180 valence electrons. The van der Waals surface area contributed by atoms with Gasteiger partial charge in [-0.2, -0.15) is 8.78 Å². The highest BCUT2D eigenvalue weighted by Crippen LogP contribution is 2.39. The van der Waals surface area contributed by atoms with Crippen LogP contribution in [-0.2, 0) is 6.11 Å². The molecule has 0 aromatic heterocycles. The average molecular weight is 472 g/mol. The van der Waals surface area contributed by atoms with E-state index in [1.807, 2.05) is 0 Å². The van der Waals surface area contributed by atoms with Crippen molar-refractivity contribution in [2.24, 2.45) is 5.92 Å². The van der Waals surface area contributed by atoms with Gasteiger partial charge in [-0.1, -0.05) is 31.9 Å². The van der Waals surface area contributed by atoms with Crippen molar-refractivity contribution in [2.75, 3.05) is 0 Å². The highest BCUT2D eigenvalue weighted by molar-refractivity contribution is 5.36. The predicted octanol–water partition coefficient (Wildman–Crippen LogP) is 8.32. The Morgan fingerprint density at radius 2 is 1.61 bits per heavy atom. The summed E-state index contributed by atoms with van der Waals surface area (Å²) in [5.74, 6) is -3.43. The predicted molar refractivity (Wildman–Crippen MR) is 113 cm³/mol. The number of halogens is 6. The van der Waals surface area contributed by atoms with Gasteiger partial charge in [-0.15, -0.1) is 0 Å². The summed E-state index contributed by atoms with van der Waals surface area (Å²) in [5, 5.41) is 0. The maximum atomic E-state index is 14.6. The number of rotatable bonds is 9. The van der Waals surface area contributed by atoms with Gasteiger partial charge in [0, 0.05) is 18.2 Å². The van der Waals surface area contributed by atoms with Crippen LogP contribution in [0.25, 0.3) is 0 Å². The third-order valence-corrected chi connectivity index (χ3v) is 5.89. The molecule has 0 heterocycles. The summed E-state index contributed by atoms with van der Waals surface area (Å²) in [4.78, 5) is 0. The third kappa shape index (κ3) is 6.68. The second-order valence-electron chi connectivity index (χ2n) is 8.24. The summed E-state index contributed by atoms with van der Waals surface area (Å²) < 4.78 is 90.5. The van der Waals surface area contributed by atoms with E-state index in [0.717, 1.165) is 37.2 Å². The summed E-state index contributed by atoms with van der Waals surface area (Å²) in [6.45, 7) is 2.17. The van der Waals surface area contributed by atoms with E-state index >= 15 is 0 Å². The van der Waals surface area contributed by atoms with E-state index < -0.39 is 41.2 Å². The quantitative estimate of drug-likeness (QED) is 0.270. The molecule has 33 heavy (non-hydrogen) atoms. The molecule has 0 radical (unpaired) electrons. The lowest BCUT2D eigenvalue weighted by atomic mass is 9.77. The Balaban J connectivity index is 1.67. The summed E-state index contributed by atoms with van der Waals surface area (Å²) in [5.41, 5.74) is 0.534. The molecule has 2 aromatic rings. The van der Waals surface area contributed by atoms with E-state index in [-0.39, 0.29) is 6.08 Å². The molecule has 2 nitrogen and oxygen atoms in total. The van der Waals surface area contributed by atoms with E-state index in [2.05, 4.69) is 16.4 Å². The van der Waals surface area contributed by atoms with Crippen molar-refractivity contribution in [2.45, 2.75) is 63.9 Å². The highest BCUT2D eigenvalue weighted by Gasteiger charge is 2.35. The fraction of sp³-hybridized carbons (Fsp3) is 0.440. The Labute approximate surface area is 189 Å². The Morgan fingerprint density at radius 1 is 1.00 bits per heavy atom. The van der Waals surface area contributed by atoms with Gasteiger partial charge in [-0.3, -0.25) is 0 Å². The molecule has 0 unspecified atom stereocenters.